The first-order valence-electron chi connectivity index (χ1n) is 12.9. The van der Waals surface area contributed by atoms with Gasteiger partial charge in [0.15, 0.2) is 6.29 Å². The van der Waals surface area contributed by atoms with Crippen LogP contribution in [0.15, 0.2) is 78.9 Å². The van der Waals surface area contributed by atoms with Gasteiger partial charge in [-0.25, -0.2) is 4.79 Å². The monoisotopic (exact) mass is 503 g/mol. The number of anilines is 1. The SMILES string of the molecule is CCNC(=O)Nc1cccc([C@@H]2O[C@H](CN(C)[C@@H](C)c3ccccc3)C[C@H](c3ccc(CO)cc3)O2)c1. The van der Waals surface area contributed by atoms with Crippen LogP contribution in [-0.4, -0.2) is 42.3 Å². The van der Waals surface area contributed by atoms with Crippen LogP contribution >= 0.6 is 0 Å². The van der Waals surface area contributed by atoms with E-state index < -0.39 is 6.29 Å². The first-order valence-corrected chi connectivity index (χ1v) is 12.9. The predicted molar refractivity (Wildman–Crippen MR) is 145 cm³/mol. The van der Waals surface area contributed by atoms with Crippen molar-refractivity contribution in [2.45, 2.75) is 51.4 Å². The maximum absolute atomic E-state index is 12.0. The number of hydrogen-bond acceptors (Lipinski definition) is 5. The highest BCUT2D eigenvalue weighted by Crippen LogP contribution is 2.39. The van der Waals surface area contributed by atoms with E-state index in [-0.39, 0.29) is 30.9 Å². The van der Waals surface area contributed by atoms with Gasteiger partial charge < -0.3 is 25.2 Å². The van der Waals surface area contributed by atoms with Crippen molar-refractivity contribution >= 4 is 11.7 Å². The Balaban J connectivity index is 1.55. The van der Waals surface area contributed by atoms with E-state index in [4.69, 9.17) is 9.47 Å². The summed E-state index contributed by atoms with van der Waals surface area (Å²) >= 11 is 0. The molecule has 7 nitrogen and oxygen atoms in total. The molecule has 3 N–H and O–H groups in total. The molecule has 37 heavy (non-hydrogen) atoms. The van der Waals surface area contributed by atoms with Gasteiger partial charge in [0.2, 0.25) is 0 Å². The molecule has 1 aliphatic heterocycles. The summed E-state index contributed by atoms with van der Waals surface area (Å²) in [6.07, 6.45) is -0.121. The molecule has 4 rings (SSSR count). The highest BCUT2D eigenvalue weighted by Gasteiger charge is 2.33. The Morgan fingerprint density at radius 1 is 1.03 bits per heavy atom. The summed E-state index contributed by atoms with van der Waals surface area (Å²) in [6, 6.07) is 25.9. The Kier molecular flexibility index (Phi) is 9.30. The van der Waals surface area contributed by atoms with Gasteiger partial charge in [-0.3, -0.25) is 4.90 Å². The van der Waals surface area contributed by atoms with Crippen LogP contribution in [0.5, 0.6) is 0 Å². The van der Waals surface area contributed by atoms with Gasteiger partial charge in [-0.2, -0.15) is 0 Å². The van der Waals surface area contributed by atoms with E-state index in [0.717, 1.165) is 23.2 Å². The number of carbonyl (C=O) groups excluding carboxylic acids is 1. The van der Waals surface area contributed by atoms with Crippen molar-refractivity contribution in [3.8, 4) is 0 Å². The normalized spacial score (nSPS) is 20.4. The number of aliphatic hydroxyl groups is 1. The zero-order valence-corrected chi connectivity index (χ0v) is 21.8. The fourth-order valence-electron chi connectivity index (χ4n) is 4.60. The van der Waals surface area contributed by atoms with Crippen LogP contribution in [0.25, 0.3) is 0 Å². The average molecular weight is 504 g/mol. The zero-order valence-electron chi connectivity index (χ0n) is 21.8. The topological polar surface area (TPSA) is 83.1 Å². The molecule has 1 aliphatic rings. The van der Waals surface area contributed by atoms with Crippen LogP contribution in [0.4, 0.5) is 10.5 Å². The first kappa shape index (κ1) is 26.8. The van der Waals surface area contributed by atoms with Crippen molar-refractivity contribution in [3.05, 3.63) is 101 Å². The lowest BCUT2D eigenvalue weighted by Crippen LogP contribution is -2.38. The van der Waals surface area contributed by atoms with Gasteiger partial charge in [0.25, 0.3) is 0 Å². The molecule has 2 amide bonds. The summed E-state index contributed by atoms with van der Waals surface area (Å²) in [5, 5.41) is 15.1. The predicted octanol–water partition coefficient (Wildman–Crippen LogP) is 5.56. The number of hydrogen-bond donors (Lipinski definition) is 3. The molecule has 3 aromatic carbocycles. The van der Waals surface area contributed by atoms with Crippen LogP contribution < -0.4 is 10.6 Å². The number of nitrogens with one attached hydrogen (secondary N) is 2. The van der Waals surface area contributed by atoms with E-state index in [1.54, 1.807) is 0 Å². The molecule has 1 saturated heterocycles. The van der Waals surface area contributed by atoms with Gasteiger partial charge in [0.1, 0.15) is 0 Å². The molecule has 0 aliphatic carbocycles. The van der Waals surface area contributed by atoms with Gasteiger partial charge in [-0.1, -0.05) is 66.7 Å². The number of likely N-dealkylation sites (N-methyl/N-ethyl adjacent to an activating group) is 1. The summed E-state index contributed by atoms with van der Waals surface area (Å²) < 4.78 is 13.0. The quantitative estimate of drug-likeness (QED) is 0.356. The Morgan fingerprint density at radius 3 is 2.49 bits per heavy atom. The molecule has 4 atom stereocenters. The van der Waals surface area contributed by atoms with Gasteiger partial charge in [-0.05, 0) is 49.7 Å². The van der Waals surface area contributed by atoms with Crippen molar-refractivity contribution in [2.24, 2.45) is 0 Å². The lowest BCUT2D eigenvalue weighted by Gasteiger charge is -2.39. The smallest absolute Gasteiger partial charge is 0.319 e. The fourth-order valence-corrected chi connectivity index (χ4v) is 4.60. The zero-order chi connectivity index (χ0) is 26.2. The molecular formula is C30H37N3O4. The molecule has 0 unspecified atom stereocenters. The van der Waals surface area contributed by atoms with Crippen LogP contribution in [0, 0.1) is 0 Å². The molecule has 1 heterocycles. The Hall–Kier alpha value is -3.23. The molecule has 0 saturated carbocycles. The van der Waals surface area contributed by atoms with E-state index in [0.29, 0.717) is 18.7 Å². The number of rotatable bonds is 9. The van der Waals surface area contributed by atoms with E-state index >= 15 is 0 Å². The number of urea groups is 1. The number of carbonyl (C=O) groups is 1. The minimum absolute atomic E-state index is 0.00767. The second-order valence-corrected chi connectivity index (χ2v) is 9.49. The lowest BCUT2D eigenvalue weighted by molar-refractivity contribution is -0.253. The number of nitrogens with zero attached hydrogens (tertiary/aromatic N) is 1. The minimum atomic E-state index is -0.585. The molecule has 0 spiro atoms. The summed E-state index contributed by atoms with van der Waals surface area (Å²) in [5.41, 5.74) is 4.69. The minimum Gasteiger partial charge on any atom is -0.392 e. The molecule has 0 bridgehead atoms. The van der Waals surface area contributed by atoms with Crippen molar-refractivity contribution < 1.29 is 19.4 Å². The summed E-state index contributed by atoms with van der Waals surface area (Å²) in [6.45, 7) is 5.37. The highest BCUT2D eigenvalue weighted by atomic mass is 16.7. The third-order valence-electron chi connectivity index (χ3n) is 6.80. The van der Waals surface area contributed by atoms with Crippen LogP contribution in [0.3, 0.4) is 0 Å². The molecule has 1 fully saturated rings. The Morgan fingerprint density at radius 2 is 1.78 bits per heavy atom. The van der Waals surface area contributed by atoms with E-state index in [9.17, 15) is 9.90 Å². The molecule has 0 radical (unpaired) electrons. The number of amides is 2. The standard InChI is InChI=1S/C30H37N3O4/c1-4-31-30(35)32-26-12-8-11-25(17-26)29-36-27(19-33(3)21(2)23-9-6-5-7-10-23)18-28(37-29)24-15-13-22(20-34)14-16-24/h5-17,21,27-29,34H,4,18-20H2,1-3H3,(H2,31,32,35)/t21-,27-,28+,29+/m0/s1. The van der Waals surface area contributed by atoms with Crippen molar-refractivity contribution in [1.29, 1.82) is 0 Å². The average Bonchev–Trinajstić information content (AvgIpc) is 2.93. The molecular weight excluding hydrogens is 466 g/mol. The molecule has 7 heteroatoms. The third kappa shape index (κ3) is 7.17. The lowest BCUT2D eigenvalue weighted by atomic mass is 9.99. The van der Waals surface area contributed by atoms with Gasteiger partial charge in [-0.15, -0.1) is 0 Å². The van der Waals surface area contributed by atoms with Crippen LogP contribution in [-0.2, 0) is 16.1 Å². The largest absolute Gasteiger partial charge is 0.392 e. The molecule has 0 aromatic heterocycles. The van der Waals surface area contributed by atoms with Crippen LogP contribution in [0.2, 0.25) is 0 Å². The second-order valence-electron chi connectivity index (χ2n) is 9.49. The van der Waals surface area contributed by atoms with Crippen molar-refractivity contribution in [3.63, 3.8) is 0 Å². The maximum atomic E-state index is 12.0. The van der Waals surface area contributed by atoms with E-state index in [2.05, 4.69) is 53.8 Å². The molecule has 3 aromatic rings. The van der Waals surface area contributed by atoms with Crippen LogP contribution in [0.1, 0.15) is 61.0 Å². The van der Waals surface area contributed by atoms with Crippen molar-refractivity contribution in [2.75, 3.05) is 25.5 Å². The van der Waals surface area contributed by atoms with Gasteiger partial charge in [0, 0.05) is 36.8 Å². The second kappa shape index (κ2) is 12.8. The highest BCUT2D eigenvalue weighted by molar-refractivity contribution is 5.89. The summed E-state index contributed by atoms with van der Waals surface area (Å²) in [4.78, 5) is 14.3. The Bertz CT molecular complexity index is 1140. The fraction of sp³-hybridized carbons (Fsp3) is 0.367. The first-order chi connectivity index (χ1) is 18.0. The number of aliphatic hydroxyl groups excluding tert-OH is 1. The summed E-state index contributed by atoms with van der Waals surface area (Å²) in [5.74, 6) is 0. The molecule has 196 valence electrons. The maximum Gasteiger partial charge on any atom is 0.319 e. The van der Waals surface area contributed by atoms with Crippen molar-refractivity contribution in [1.82, 2.24) is 10.2 Å². The third-order valence-corrected chi connectivity index (χ3v) is 6.80. The van der Waals surface area contributed by atoms with Gasteiger partial charge in [0.05, 0.1) is 18.8 Å². The van der Waals surface area contributed by atoms with E-state index in [1.165, 1.54) is 5.56 Å². The summed E-state index contributed by atoms with van der Waals surface area (Å²) in [7, 11) is 2.12. The number of benzene rings is 3. The van der Waals surface area contributed by atoms with E-state index in [1.807, 2.05) is 61.5 Å². The van der Waals surface area contributed by atoms with Gasteiger partial charge >= 0.3 is 6.03 Å². The Labute approximate surface area is 219 Å². The number of ether oxygens (including phenoxy) is 2.